The van der Waals surface area contributed by atoms with E-state index in [2.05, 4.69) is 20.6 Å². The van der Waals surface area contributed by atoms with Gasteiger partial charge in [0.05, 0.1) is 6.54 Å². The number of aromatic nitrogens is 4. The topological polar surface area (TPSA) is 85.8 Å². The molecule has 0 spiro atoms. The molecule has 1 amide bonds. The van der Waals surface area contributed by atoms with Crippen molar-refractivity contribution in [3.8, 4) is 0 Å². The predicted octanol–water partition coefficient (Wildman–Crippen LogP) is 2.58. The number of nitrogens with zero attached hydrogens (tertiary/aromatic N) is 4. The number of rotatable bonds is 6. The molecule has 1 aliphatic rings. The van der Waals surface area contributed by atoms with Crippen LogP contribution in [0.3, 0.4) is 0 Å². The van der Waals surface area contributed by atoms with Gasteiger partial charge in [0.1, 0.15) is 6.04 Å². The highest BCUT2D eigenvalue weighted by molar-refractivity contribution is 5.79. The van der Waals surface area contributed by atoms with E-state index >= 15 is 0 Å². The van der Waals surface area contributed by atoms with Crippen LogP contribution in [0, 0.1) is 0 Å². The van der Waals surface area contributed by atoms with Crippen molar-refractivity contribution in [2.75, 3.05) is 0 Å². The molecule has 124 valence electrons. The summed E-state index contributed by atoms with van der Waals surface area (Å²) < 4.78 is 6.94. The van der Waals surface area contributed by atoms with Crippen LogP contribution in [-0.2, 0) is 11.3 Å². The van der Waals surface area contributed by atoms with Crippen LogP contribution in [0.5, 0.6) is 0 Å². The maximum atomic E-state index is 12.3. The number of carbonyl (C=O) groups is 1. The molecule has 0 unspecified atom stereocenters. The van der Waals surface area contributed by atoms with Crippen LogP contribution in [0.1, 0.15) is 69.1 Å². The molecule has 0 aromatic carbocycles. The lowest BCUT2D eigenvalue weighted by atomic mass is 9.89. The van der Waals surface area contributed by atoms with Crippen molar-refractivity contribution in [2.24, 2.45) is 0 Å². The third-order valence-electron chi connectivity index (χ3n) is 4.40. The van der Waals surface area contributed by atoms with E-state index in [0.29, 0.717) is 18.2 Å². The third kappa shape index (κ3) is 3.78. The summed E-state index contributed by atoms with van der Waals surface area (Å²) in [6, 6.07) is 1.50. The molecule has 0 aliphatic heterocycles. The largest absolute Gasteiger partial charge is 0.345 e. The Hall–Kier alpha value is -2.18. The Balaban J connectivity index is 1.55. The molecule has 0 radical (unpaired) electrons. The number of hydrogen-bond donors (Lipinski definition) is 1. The van der Waals surface area contributed by atoms with Gasteiger partial charge in [0.2, 0.25) is 11.8 Å². The normalized spacial score (nSPS) is 17.1. The standard InChI is InChI=1S/C16H23N5O2/c1-2-13(21-10-6-9-18-21)16(22)17-11-14-19-15(20-23-14)12-7-4-3-5-8-12/h6,9-10,12-13H,2-5,7-8,11H2,1H3,(H,17,22)/t13-/m0/s1. The Kier molecular flexibility index (Phi) is 5.05. The Bertz CT molecular complexity index is 616. The van der Waals surface area contributed by atoms with Crippen LogP contribution < -0.4 is 5.32 Å². The molecule has 1 aliphatic carbocycles. The lowest BCUT2D eigenvalue weighted by Gasteiger charge is -2.17. The lowest BCUT2D eigenvalue weighted by molar-refractivity contribution is -0.125. The minimum absolute atomic E-state index is 0.0892. The van der Waals surface area contributed by atoms with Gasteiger partial charge >= 0.3 is 0 Å². The predicted molar refractivity (Wildman–Crippen MR) is 83.5 cm³/mol. The molecule has 3 rings (SSSR count). The highest BCUT2D eigenvalue weighted by Crippen LogP contribution is 2.30. The Morgan fingerprint density at radius 2 is 2.26 bits per heavy atom. The van der Waals surface area contributed by atoms with Crippen LogP contribution in [-0.4, -0.2) is 25.8 Å². The molecule has 2 aromatic rings. The second-order valence-electron chi connectivity index (χ2n) is 6.01. The molecule has 1 saturated carbocycles. The molecular weight excluding hydrogens is 294 g/mol. The van der Waals surface area contributed by atoms with Crippen molar-refractivity contribution in [2.45, 2.75) is 64.0 Å². The van der Waals surface area contributed by atoms with Gasteiger partial charge in [-0.1, -0.05) is 31.3 Å². The highest BCUT2D eigenvalue weighted by atomic mass is 16.5. The molecule has 7 nitrogen and oxygen atoms in total. The van der Waals surface area contributed by atoms with Gasteiger partial charge in [0.15, 0.2) is 5.82 Å². The summed E-state index contributed by atoms with van der Waals surface area (Å²) in [7, 11) is 0. The maximum absolute atomic E-state index is 12.3. The van der Waals surface area contributed by atoms with E-state index in [1.54, 1.807) is 17.1 Å². The van der Waals surface area contributed by atoms with Crippen molar-refractivity contribution in [1.29, 1.82) is 0 Å². The zero-order chi connectivity index (χ0) is 16.1. The molecule has 23 heavy (non-hydrogen) atoms. The zero-order valence-corrected chi connectivity index (χ0v) is 13.4. The molecule has 0 bridgehead atoms. The number of hydrogen-bond acceptors (Lipinski definition) is 5. The lowest BCUT2D eigenvalue weighted by Crippen LogP contribution is -2.32. The first-order valence-electron chi connectivity index (χ1n) is 8.37. The zero-order valence-electron chi connectivity index (χ0n) is 13.4. The minimum Gasteiger partial charge on any atom is -0.345 e. The van der Waals surface area contributed by atoms with Gasteiger partial charge in [-0.3, -0.25) is 9.48 Å². The maximum Gasteiger partial charge on any atom is 0.246 e. The van der Waals surface area contributed by atoms with E-state index < -0.39 is 0 Å². The van der Waals surface area contributed by atoms with Crippen LogP contribution in [0.25, 0.3) is 0 Å². The van der Waals surface area contributed by atoms with E-state index in [1.807, 2.05) is 13.0 Å². The molecular formula is C16H23N5O2. The third-order valence-corrected chi connectivity index (χ3v) is 4.40. The molecule has 1 fully saturated rings. The van der Waals surface area contributed by atoms with E-state index in [0.717, 1.165) is 18.7 Å². The Labute approximate surface area is 135 Å². The van der Waals surface area contributed by atoms with Gasteiger partial charge in [-0.15, -0.1) is 0 Å². The van der Waals surface area contributed by atoms with Crippen molar-refractivity contribution >= 4 is 5.91 Å². The first-order chi connectivity index (χ1) is 11.3. The quantitative estimate of drug-likeness (QED) is 0.885. The van der Waals surface area contributed by atoms with Crippen LogP contribution in [0.4, 0.5) is 0 Å². The summed E-state index contributed by atoms with van der Waals surface area (Å²) in [6.45, 7) is 2.22. The van der Waals surface area contributed by atoms with Gasteiger partial charge in [-0.05, 0) is 25.3 Å². The molecule has 2 aromatic heterocycles. The smallest absolute Gasteiger partial charge is 0.246 e. The van der Waals surface area contributed by atoms with Crippen molar-refractivity contribution in [3.05, 3.63) is 30.2 Å². The van der Waals surface area contributed by atoms with Gasteiger partial charge in [-0.2, -0.15) is 10.1 Å². The summed E-state index contributed by atoms with van der Waals surface area (Å²) in [5.41, 5.74) is 0. The summed E-state index contributed by atoms with van der Waals surface area (Å²) >= 11 is 0. The highest BCUT2D eigenvalue weighted by Gasteiger charge is 2.22. The first-order valence-corrected chi connectivity index (χ1v) is 8.37. The first kappa shape index (κ1) is 15.7. The fraction of sp³-hybridized carbons (Fsp3) is 0.625. The second-order valence-corrected chi connectivity index (χ2v) is 6.01. The van der Waals surface area contributed by atoms with Gasteiger partial charge in [-0.25, -0.2) is 0 Å². The molecule has 1 atom stereocenters. The Morgan fingerprint density at radius 1 is 1.43 bits per heavy atom. The molecule has 7 heteroatoms. The summed E-state index contributed by atoms with van der Waals surface area (Å²) in [6.07, 6.45) is 10.1. The molecule has 2 heterocycles. The van der Waals surface area contributed by atoms with Crippen molar-refractivity contribution in [1.82, 2.24) is 25.2 Å². The fourth-order valence-electron chi connectivity index (χ4n) is 3.10. The summed E-state index contributed by atoms with van der Waals surface area (Å²) in [4.78, 5) is 16.7. The van der Waals surface area contributed by atoms with Crippen LogP contribution >= 0.6 is 0 Å². The van der Waals surface area contributed by atoms with Gasteiger partial charge in [0.25, 0.3) is 0 Å². The van der Waals surface area contributed by atoms with Gasteiger partial charge < -0.3 is 9.84 Å². The SMILES string of the molecule is CC[C@@H](C(=O)NCc1nc(C2CCCCC2)no1)n1cccn1. The average molecular weight is 317 g/mol. The van der Waals surface area contributed by atoms with Crippen molar-refractivity contribution in [3.63, 3.8) is 0 Å². The van der Waals surface area contributed by atoms with E-state index in [1.165, 1.54) is 19.3 Å². The van der Waals surface area contributed by atoms with E-state index in [-0.39, 0.29) is 18.5 Å². The minimum atomic E-state index is -0.314. The number of carbonyl (C=O) groups excluding carboxylic acids is 1. The number of nitrogens with one attached hydrogen (secondary N) is 1. The fourth-order valence-corrected chi connectivity index (χ4v) is 3.10. The molecule has 0 saturated heterocycles. The molecule has 1 N–H and O–H groups in total. The Morgan fingerprint density at radius 3 is 2.96 bits per heavy atom. The van der Waals surface area contributed by atoms with Crippen molar-refractivity contribution < 1.29 is 9.32 Å². The average Bonchev–Trinajstić information content (AvgIpc) is 3.26. The number of amides is 1. The summed E-state index contributed by atoms with van der Waals surface area (Å²) in [5, 5.41) is 11.1. The van der Waals surface area contributed by atoms with Crippen LogP contribution in [0.15, 0.2) is 23.0 Å². The van der Waals surface area contributed by atoms with E-state index in [4.69, 9.17) is 4.52 Å². The van der Waals surface area contributed by atoms with E-state index in [9.17, 15) is 4.79 Å². The second kappa shape index (κ2) is 7.39. The van der Waals surface area contributed by atoms with Gasteiger partial charge in [0, 0.05) is 18.3 Å². The monoisotopic (exact) mass is 317 g/mol. The summed E-state index contributed by atoms with van der Waals surface area (Å²) in [5.74, 6) is 1.57. The van der Waals surface area contributed by atoms with Crippen LogP contribution in [0.2, 0.25) is 0 Å².